The normalized spacial score (nSPS) is 34.8. The van der Waals surface area contributed by atoms with E-state index in [0.717, 1.165) is 13.1 Å². The Labute approximate surface area is 127 Å². The van der Waals surface area contributed by atoms with Gasteiger partial charge in [-0.1, -0.05) is 6.42 Å². The summed E-state index contributed by atoms with van der Waals surface area (Å²) in [5.41, 5.74) is 0. The van der Waals surface area contributed by atoms with Crippen LogP contribution in [0.1, 0.15) is 33.1 Å². The predicted octanol–water partition coefficient (Wildman–Crippen LogP) is 1.84. The second-order valence-electron chi connectivity index (χ2n) is 6.24. The van der Waals surface area contributed by atoms with Crippen LogP contribution in [0.25, 0.3) is 0 Å². The van der Waals surface area contributed by atoms with E-state index in [1.54, 1.807) is 0 Å². The molecule has 1 saturated carbocycles. The van der Waals surface area contributed by atoms with Gasteiger partial charge in [-0.15, -0.1) is 0 Å². The van der Waals surface area contributed by atoms with Crippen LogP contribution in [0.5, 0.6) is 0 Å². The first-order valence-electron chi connectivity index (χ1n) is 7.67. The lowest BCUT2D eigenvalue weighted by molar-refractivity contribution is -0.144. The van der Waals surface area contributed by atoms with Crippen molar-refractivity contribution in [1.82, 2.24) is 9.80 Å². The lowest BCUT2D eigenvalue weighted by atomic mass is 10.2. The van der Waals surface area contributed by atoms with Crippen LogP contribution in [0.4, 0.5) is 0 Å². The van der Waals surface area contributed by atoms with Crippen molar-refractivity contribution in [3.8, 4) is 0 Å². The average molecular weight is 300 g/mol. The smallest absolute Gasteiger partial charge is 0.236 e. The highest BCUT2D eigenvalue weighted by atomic mass is 32.2. The summed E-state index contributed by atoms with van der Waals surface area (Å²) in [6.07, 6.45) is 6.29. The second kappa shape index (κ2) is 7.14. The fourth-order valence-electron chi connectivity index (χ4n) is 3.50. The van der Waals surface area contributed by atoms with Crippen molar-refractivity contribution in [3.05, 3.63) is 0 Å². The van der Waals surface area contributed by atoms with E-state index in [4.69, 9.17) is 4.74 Å². The van der Waals surface area contributed by atoms with Gasteiger partial charge in [0.2, 0.25) is 5.91 Å². The Morgan fingerprint density at radius 2 is 1.95 bits per heavy atom. The minimum atomic E-state index is 0.151. The van der Waals surface area contributed by atoms with Crippen LogP contribution < -0.4 is 0 Å². The van der Waals surface area contributed by atoms with Gasteiger partial charge in [-0.25, -0.2) is 0 Å². The molecular weight excluding hydrogens is 272 g/mol. The maximum atomic E-state index is 12.5. The maximum Gasteiger partial charge on any atom is 0.236 e. The zero-order valence-corrected chi connectivity index (χ0v) is 14.0. The van der Waals surface area contributed by atoms with Gasteiger partial charge >= 0.3 is 0 Å². The number of hydrogen-bond acceptors (Lipinski definition) is 4. The number of thioether (sulfide) groups is 1. The lowest BCUT2D eigenvalue weighted by Gasteiger charge is -2.37. The number of nitrogens with zero attached hydrogens (tertiary/aromatic N) is 2. The van der Waals surface area contributed by atoms with E-state index in [2.05, 4.69) is 18.2 Å². The largest absolute Gasteiger partial charge is 0.372 e. The number of morpholine rings is 1. The molecule has 1 aliphatic heterocycles. The van der Waals surface area contributed by atoms with Gasteiger partial charge in [0.15, 0.2) is 0 Å². The van der Waals surface area contributed by atoms with Gasteiger partial charge in [-0.3, -0.25) is 9.69 Å². The Balaban J connectivity index is 1.87. The van der Waals surface area contributed by atoms with Gasteiger partial charge < -0.3 is 9.64 Å². The highest BCUT2D eigenvalue weighted by molar-refractivity contribution is 7.99. The van der Waals surface area contributed by atoms with Crippen molar-refractivity contribution in [2.24, 2.45) is 0 Å². The summed E-state index contributed by atoms with van der Waals surface area (Å²) in [4.78, 5) is 16.7. The molecule has 0 radical (unpaired) electrons. The number of hydrogen-bond donors (Lipinski definition) is 0. The highest BCUT2D eigenvalue weighted by Gasteiger charge is 2.32. The molecule has 116 valence electrons. The number of ether oxygens (including phenoxy) is 1. The van der Waals surface area contributed by atoms with E-state index in [-0.39, 0.29) is 18.1 Å². The van der Waals surface area contributed by atoms with Gasteiger partial charge in [0.1, 0.15) is 0 Å². The molecule has 4 unspecified atom stereocenters. The quantitative estimate of drug-likeness (QED) is 0.793. The van der Waals surface area contributed by atoms with Crippen LogP contribution >= 0.6 is 11.8 Å². The molecule has 1 heterocycles. The molecule has 4 nitrogen and oxygen atoms in total. The number of likely N-dealkylation sites (N-methyl/N-ethyl adjacent to an activating group) is 1. The molecule has 0 aromatic carbocycles. The van der Waals surface area contributed by atoms with Crippen LogP contribution in [0.2, 0.25) is 0 Å². The fraction of sp³-hybridized carbons (Fsp3) is 0.933. The van der Waals surface area contributed by atoms with E-state index in [9.17, 15) is 4.79 Å². The summed E-state index contributed by atoms with van der Waals surface area (Å²) < 4.78 is 5.69. The predicted molar refractivity (Wildman–Crippen MR) is 84.2 cm³/mol. The minimum absolute atomic E-state index is 0.151. The Morgan fingerprint density at radius 3 is 2.55 bits per heavy atom. The first kappa shape index (κ1) is 16.1. The van der Waals surface area contributed by atoms with Crippen LogP contribution in [0.15, 0.2) is 0 Å². The van der Waals surface area contributed by atoms with E-state index in [1.165, 1.54) is 19.3 Å². The van der Waals surface area contributed by atoms with E-state index < -0.39 is 0 Å². The molecule has 1 amide bonds. The molecule has 0 aromatic rings. The Bertz CT molecular complexity index is 330. The summed E-state index contributed by atoms with van der Waals surface area (Å²) in [5, 5.41) is 0.690. The van der Waals surface area contributed by atoms with Gasteiger partial charge in [-0.2, -0.15) is 11.8 Å². The number of carbonyl (C=O) groups is 1. The summed E-state index contributed by atoms with van der Waals surface area (Å²) in [5.74, 6) is 0.251. The average Bonchev–Trinajstić information content (AvgIpc) is 2.85. The number of amides is 1. The molecule has 1 aliphatic carbocycles. The van der Waals surface area contributed by atoms with Crippen molar-refractivity contribution >= 4 is 17.7 Å². The molecule has 2 aliphatic rings. The van der Waals surface area contributed by atoms with E-state index >= 15 is 0 Å². The molecule has 1 saturated heterocycles. The first-order valence-corrected chi connectivity index (χ1v) is 8.96. The zero-order chi connectivity index (χ0) is 14.7. The second-order valence-corrected chi connectivity index (χ2v) is 7.32. The van der Waals surface area contributed by atoms with Crippen LogP contribution in [0, 0.1) is 0 Å². The van der Waals surface area contributed by atoms with Gasteiger partial charge in [0.05, 0.1) is 18.8 Å². The molecular formula is C15H28N2O2S. The van der Waals surface area contributed by atoms with Crippen molar-refractivity contribution in [2.75, 3.05) is 32.9 Å². The fourth-order valence-corrected chi connectivity index (χ4v) is 4.56. The van der Waals surface area contributed by atoms with Gasteiger partial charge in [-0.05, 0) is 40.0 Å². The summed E-state index contributed by atoms with van der Waals surface area (Å²) >= 11 is 1.95. The standard InChI is InChI=1S/C15H28N2O2S/c1-11-8-17(9-12(2)19-11)15(18)10-16(3)13-6-5-7-14(13)20-4/h11-14H,5-10H2,1-4H3. The van der Waals surface area contributed by atoms with Crippen LogP contribution in [0.3, 0.4) is 0 Å². The molecule has 0 spiro atoms. The van der Waals surface area contributed by atoms with Gasteiger partial charge in [0, 0.05) is 24.4 Å². The van der Waals surface area contributed by atoms with Crippen molar-refractivity contribution in [2.45, 2.75) is 56.6 Å². The van der Waals surface area contributed by atoms with Crippen molar-refractivity contribution in [1.29, 1.82) is 0 Å². The SMILES string of the molecule is CSC1CCCC1N(C)CC(=O)N1CC(C)OC(C)C1. The molecule has 2 fully saturated rings. The van der Waals surface area contributed by atoms with Gasteiger partial charge in [0.25, 0.3) is 0 Å². The maximum absolute atomic E-state index is 12.5. The Morgan fingerprint density at radius 1 is 1.30 bits per heavy atom. The van der Waals surface area contributed by atoms with Crippen molar-refractivity contribution in [3.63, 3.8) is 0 Å². The molecule has 0 bridgehead atoms. The van der Waals surface area contributed by atoms with E-state index in [1.807, 2.05) is 30.5 Å². The molecule has 20 heavy (non-hydrogen) atoms. The Kier molecular flexibility index (Phi) is 5.75. The lowest BCUT2D eigenvalue weighted by Crippen LogP contribution is -2.52. The third-order valence-electron chi connectivity index (χ3n) is 4.44. The third kappa shape index (κ3) is 3.89. The third-order valence-corrected chi connectivity index (χ3v) is 5.60. The molecule has 0 aromatic heterocycles. The van der Waals surface area contributed by atoms with Crippen molar-refractivity contribution < 1.29 is 9.53 Å². The molecule has 2 rings (SSSR count). The van der Waals surface area contributed by atoms with Crippen LogP contribution in [-0.4, -0.2) is 72.1 Å². The highest BCUT2D eigenvalue weighted by Crippen LogP contribution is 2.31. The number of rotatable bonds is 4. The van der Waals surface area contributed by atoms with E-state index in [0.29, 0.717) is 17.8 Å². The molecule has 4 atom stereocenters. The first-order chi connectivity index (χ1) is 9.51. The summed E-state index contributed by atoms with van der Waals surface area (Å²) in [6, 6.07) is 0.560. The molecule has 5 heteroatoms. The molecule has 0 N–H and O–H groups in total. The monoisotopic (exact) mass is 300 g/mol. The minimum Gasteiger partial charge on any atom is -0.372 e. The van der Waals surface area contributed by atoms with Crippen LogP contribution in [-0.2, 0) is 9.53 Å². The summed E-state index contributed by atoms with van der Waals surface area (Å²) in [6.45, 7) is 6.09. The summed E-state index contributed by atoms with van der Waals surface area (Å²) in [7, 11) is 2.10. The topological polar surface area (TPSA) is 32.8 Å². The number of carbonyl (C=O) groups excluding carboxylic acids is 1. The zero-order valence-electron chi connectivity index (χ0n) is 13.2. The Hall–Kier alpha value is -0.260.